The van der Waals surface area contributed by atoms with Crippen LogP contribution < -0.4 is 5.56 Å². The molecule has 0 fully saturated rings. The molecule has 3 aromatic rings. The Hall–Kier alpha value is -2.14. The fourth-order valence-corrected chi connectivity index (χ4v) is 1.92. The first-order chi connectivity index (χ1) is 8.66. The second-order valence-electron chi connectivity index (χ2n) is 3.90. The van der Waals surface area contributed by atoms with E-state index in [4.69, 9.17) is 11.6 Å². The minimum Gasteiger partial charge on any atom is -0.319 e. The van der Waals surface area contributed by atoms with E-state index < -0.39 is 0 Å². The summed E-state index contributed by atoms with van der Waals surface area (Å²) in [7, 11) is 1.74. The van der Waals surface area contributed by atoms with E-state index in [1.54, 1.807) is 17.7 Å². The predicted octanol–water partition coefficient (Wildman–Crippen LogP) is 1.98. The SMILES string of the molecule is Cn1c(Cl)cnc1-c1nc2ccccc2[nH]c1=O. The lowest BCUT2D eigenvalue weighted by Crippen LogP contribution is -2.13. The summed E-state index contributed by atoms with van der Waals surface area (Å²) in [5, 5.41) is 0.458. The van der Waals surface area contributed by atoms with Crippen LogP contribution in [0.1, 0.15) is 0 Å². The van der Waals surface area contributed by atoms with E-state index in [9.17, 15) is 4.79 Å². The van der Waals surface area contributed by atoms with Gasteiger partial charge in [-0.1, -0.05) is 23.7 Å². The highest BCUT2D eigenvalue weighted by atomic mass is 35.5. The van der Waals surface area contributed by atoms with E-state index in [2.05, 4.69) is 15.0 Å². The summed E-state index contributed by atoms with van der Waals surface area (Å²) >= 11 is 5.91. The molecule has 5 nitrogen and oxygen atoms in total. The van der Waals surface area contributed by atoms with E-state index >= 15 is 0 Å². The fourth-order valence-electron chi connectivity index (χ4n) is 1.79. The lowest BCUT2D eigenvalue weighted by Gasteiger charge is -2.03. The number of aromatic nitrogens is 4. The molecule has 0 aliphatic heterocycles. The van der Waals surface area contributed by atoms with Gasteiger partial charge in [0.25, 0.3) is 5.56 Å². The van der Waals surface area contributed by atoms with Crippen LogP contribution in [0, 0.1) is 0 Å². The summed E-state index contributed by atoms with van der Waals surface area (Å²) < 4.78 is 1.62. The Morgan fingerprint density at radius 1 is 1.33 bits per heavy atom. The summed E-state index contributed by atoms with van der Waals surface area (Å²) in [6.07, 6.45) is 1.49. The molecule has 1 aromatic carbocycles. The van der Waals surface area contributed by atoms with Crippen molar-refractivity contribution in [3.8, 4) is 11.5 Å². The van der Waals surface area contributed by atoms with Gasteiger partial charge in [-0.3, -0.25) is 4.79 Å². The van der Waals surface area contributed by atoms with Crippen LogP contribution >= 0.6 is 11.6 Å². The van der Waals surface area contributed by atoms with Gasteiger partial charge in [-0.2, -0.15) is 0 Å². The highest BCUT2D eigenvalue weighted by Crippen LogP contribution is 2.17. The summed E-state index contributed by atoms with van der Waals surface area (Å²) in [6.45, 7) is 0. The predicted molar refractivity (Wildman–Crippen MR) is 69.6 cm³/mol. The number of hydrogen-bond acceptors (Lipinski definition) is 3. The molecular formula is C12H9ClN4O. The molecule has 0 radical (unpaired) electrons. The minimum absolute atomic E-state index is 0.267. The number of hydrogen-bond donors (Lipinski definition) is 1. The summed E-state index contributed by atoms with van der Waals surface area (Å²) in [4.78, 5) is 23.2. The number of halogens is 1. The number of imidazole rings is 1. The number of fused-ring (bicyclic) bond motifs is 1. The number of nitrogens with zero attached hydrogens (tertiary/aromatic N) is 3. The van der Waals surface area contributed by atoms with E-state index in [-0.39, 0.29) is 11.3 Å². The van der Waals surface area contributed by atoms with Gasteiger partial charge in [0.05, 0.1) is 17.2 Å². The van der Waals surface area contributed by atoms with Crippen LogP contribution in [-0.2, 0) is 7.05 Å². The highest BCUT2D eigenvalue weighted by molar-refractivity contribution is 6.29. The normalized spacial score (nSPS) is 11.0. The number of aromatic amines is 1. The summed E-state index contributed by atoms with van der Waals surface area (Å²) in [6, 6.07) is 7.35. The smallest absolute Gasteiger partial charge is 0.278 e. The molecule has 0 unspecified atom stereocenters. The van der Waals surface area contributed by atoms with Crippen molar-refractivity contribution >= 4 is 22.6 Å². The van der Waals surface area contributed by atoms with Gasteiger partial charge >= 0.3 is 0 Å². The fraction of sp³-hybridized carbons (Fsp3) is 0.0833. The first kappa shape index (κ1) is 11.0. The van der Waals surface area contributed by atoms with Gasteiger partial charge < -0.3 is 9.55 Å². The van der Waals surface area contributed by atoms with Crippen molar-refractivity contribution in [2.45, 2.75) is 0 Å². The molecule has 3 rings (SSSR count). The summed E-state index contributed by atoms with van der Waals surface area (Å²) in [5.41, 5.74) is 1.40. The number of benzene rings is 1. The maximum atomic E-state index is 12.0. The third-order valence-electron chi connectivity index (χ3n) is 2.74. The van der Waals surface area contributed by atoms with Gasteiger partial charge in [0.15, 0.2) is 11.5 Å². The number of nitrogens with one attached hydrogen (secondary N) is 1. The second kappa shape index (κ2) is 3.96. The van der Waals surface area contributed by atoms with Gasteiger partial charge in [0.1, 0.15) is 5.15 Å². The van der Waals surface area contributed by atoms with Gasteiger partial charge in [-0.05, 0) is 12.1 Å². The van der Waals surface area contributed by atoms with E-state index in [1.807, 2.05) is 18.2 Å². The quantitative estimate of drug-likeness (QED) is 0.728. The zero-order valence-electron chi connectivity index (χ0n) is 9.51. The lowest BCUT2D eigenvalue weighted by molar-refractivity contribution is 0.915. The third kappa shape index (κ3) is 1.60. The van der Waals surface area contributed by atoms with Crippen LogP contribution in [0.15, 0.2) is 35.3 Å². The first-order valence-corrected chi connectivity index (χ1v) is 5.71. The highest BCUT2D eigenvalue weighted by Gasteiger charge is 2.13. The molecule has 0 aliphatic carbocycles. The average molecular weight is 261 g/mol. The van der Waals surface area contributed by atoms with Crippen LogP contribution in [0.2, 0.25) is 5.15 Å². The maximum Gasteiger partial charge on any atom is 0.278 e. The van der Waals surface area contributed by atoms with Crippen molar-refractivity contribution < 1.29 is 0 Å². The molecule has 0 atom stereocenters. The standard InChI is InChI=1S/C12H9ClN4O/c1-17-9(13)6-14-11(17)10-12(18)16-8-5-3-2-4-7(8)15-10/h2-6H,1H3,(H,16,18). The van der Waals surface area contributed by atoms with E-state index in [1.165, 1.54) is 6.20 Å². The van der Waals surface area contributed by atoms with E-state index in [0.717, 1.165) is 0 Å². The van der Waals surface area contributed by atoms with Crippen molar-refractivity contribution in [2.75, 3.05) is 0 Å². The van der Waals surface area contributed by atoms with Crippen molar-refractivity contribution in [2.24, 2.45) is 7.05 Å². The Balaban J connectivity index is 2.33. The molecule has 2 aromatic heterocycles. The molecule has 6 heteroatoms. The Bertz CT molecular complexity index is 790. The summed E-state index contributed by atoms with van der Waals surface area (Å²) in [5.74, 6) is 0.451. The lowest BCUT2D eigenvalue weighted by atomic mass is 10.3. The minimum atomic E-state index is -0.279. The molecule has 0 saturated heterocycles. The van der Waals surface area contributed by atoms with Crippen molar-refractivity contribution in [1.29, 1.82) is 0 Å². The molecule has 1 N–H and O–H groups in total. The zero-order valence-corrected chi connectivity index (χ0v) is 10.3. The first-order valence-electron chi connectivity index (χ1n) is 5.33. The van der Waals surface area contributed by atoms with Gasteiger partial charge in [-0.15, -0.1) is 0 Å². The molecular weight excluding hydrogens is 252 g/mol. The van der Waals surface area contributed by atoms with Crippen LogP contribution in [0.5, 0.6) is 0 Å². The maximum absolute atomic E-state index is 12.0. The second-order valence-corrected chi connectivity index (χ2v) is 4.28. The molecule has 0 aliphatic rings. The van der Waals surface area contributed by atoms with Crippen molar-refractivity contribution in [3.63, 3.8) is 0 Å². The number of H-pyrrole nitrogens is 1. The molecule has 0 spiro atoms. The molecule has 18 heavy (non-hydrogen) atoms. The average Bonchev–Trinajstić information content (AvgIpc) is 2.69. The van der Waals surface area contributed by atoms with Crippen LogP contribution in [0.3, 0.4) is 0 Å². The Morgan fingerprint density at radius 3 is 2.83 bits per heavy atom. The van der Waals surface area contributed by atoms with Gasteiger partial charge in [0.2, 0.25) is 0 Å². The molecule has 0 amide bonds. The van der Waals surface area contributed by atoms with Crippen LogP contribution in [0.25, 0.3) is 22.6 Å². The molecule has 0 saturated carbocycles. The van der Waals surface area contributed by atoms with Gasteiger partial charge in [-0.25, -0.2) is 9.97 Å². The van der Waals surface area contributed by atoms with E-state index in [0.29, 0.717) is 22.0 Å². The molecule has 0 bridgehead atoms. The largest absolute Gasteiger partial charge is 0.319 e. The Kier molecular flexibility index (Phi) is 2.41. The Labute approximate surface area is 107 Å². The number of para-hydroxylation sites is 2. The Morgan fingerprint density at radius 2 is 2.11 bits per heavy atom. The van der Waals surface area contributed by atoms with Crippen molar-refractivity contribution in [1.82, 2.24) is 19.5 Å². The monoisotopic (exact) mass is 260 g/mol. The molecule has 2 heterocycles. The van der Waals surface area contributed by atoms with Crippen LogP contribution in [0.4, 0.5) is 0 Å². The van der Waals surface area contributed by atoms with Crippen molar-refractivity contribution in [3.05, 3.63) is 46.0 Å². The van der Waals surface area contributed by atoms with Crippen LogP contribution in [-0.4, -0.2) is 19.5 Å². The number of rotatable bonds is 1. The topological polar surface area (TPSA) is 63.6 Å². The molecule has 90 valence electrons. The van der Waals surface area contributed by atoms with Gasteiger partial charge in [0, 0.05) is 7.05 Å². The zero-order chi connectivity index (χ0) is 12.7. The third-order valence-corrected chi connectivity index (χ3v) is 3.09.